The molecule has 1 aromatic heterocycles. The van der Waals surface area contributed by atoms with Crippen molar-refractivity contribution in [2.24, 2.45) is 0 Å². The van der Waals surface area contributed by atoms with E-state index in [4.69, 9.17) is 11.6 Å². The molecule has 19 heavy (non-hydrogen) atoms. The van der Waals surface area contributed by atoms with E-state index in [-0.39, 0.29) is 0 Å². The molecule has 1 aromatic carbocycles. The van der Waals surface area contributed by atoms with E-state index < -0.39 is 0 Å². The Morgan fingerprint density at radius 1 is 1.26 bits per heavy atom. The molecule has 1 unspecified atom stereocenters. The highest BCUT2D eigenvalue weighted by Gasteiger charge is 2.19. The maximum atomic E-state index is 6.04. The van der Waals surface area contributed by atoms with Crippen molar-refractivity contribution in [3.8, 4) is 0 Å². The first-order valence-corrected chi connectivity index (χ1v) is 7.38. The van der Waals surface area contributed by atoms with E-state index in [1.165, 1.54) is 42.4 Å². The molecule has 2 heteroatoms. The highest BCUT2D eigenvalue weighted by atomic mass is 35.5. The molecule has 0 fully saturated rings. The third kappa shape index (κ3) is 2.98. The predicted octanol–water partition coefficient (Wildman–Crippen LogP) is 4.79. The molecular weight excluding hydrogens is 254 g/mol. The van der Waals surface area contributed by atoms with Crippen molar-refractivity contribution >= 4 is 11.6 Å². The molecule has 0 bridgehead atoms. The van der Waals surface area contributed by atoms with Crippen molar-refractivity contribution < 1.29 is 0 Å². The quantitative estimate of drug-likeness (QED) is 0.782. The van der Waals surface area contributed by atoms with Crippen LogP contribution in [0.1, 0.15) is 41.9 Å². The van der Waals surface area contributed by atoms with Crippen molar-refractivity contribution in [1.29, 1.82) is 0 Å². The summed E-state index contributed by atoms with van der Waals surface area (Å²) < 4.78 is 0. The minimum Gasteiger partial charge on any atom is -0.264 e. The maximum absolute atomic E-state index is 6.04. The molecule has 98 valence electrons. The largest absolute Gasteiger partial charge is 0.264 e. The molecule has 1 heterocycles. The second-order valence-corrected chi connectivity index (χ2v) is 5.77. The smallest absolute Gasteiger partial charge is 0.0408 e. The lowest BCUT2D eigenvalue weighted by Gasteiger charge is -2.25. The zero-order valence-corrected chi connectivity index (χ0v) is 11.7. The van der Waals surface area contributed by atoms with Gasteiger partial charge in [0.15, 0.2) is 0 Å². The van der Waals surface area contributed by atoms with Gasteiger partial charge in [-0.05, 0) is 72.9 Å². The van der Waals surface area contributed by atoms with Crippen LogP contribution in [-0.4, -0.2) is 4.98 Å². The Labute approximate surface area is 119 Å². The molecule has 3 rings (SSSR count). The fraction of sp³-hybridized carbons (Fsp3) is 0.353. The number of hydrogen-bond acceptors (Lipinski definition) is 1. The number of halogens is 1. The summed E-state index contributed by atoms with van der Waals surface area (Å²) in [7, 11) is 0. The number of aryl methyl sites for hydroxylation is 2. The highest BCUT2D eigenvalue weighted by molar-refractivity contribution is 6.30. The molecule has 1 atom stereocenters. The van der Waals surface area contributed by atoms with Crippen molar-refractivity contribution in [2.75, 3.05) is 0 Å². The summed E-state index contributed by atoms with van der Waals surface area (Å²) >= 11 is 6.04. The van der Waals surface area contributed by atoms with E-state index in [1.54, 1.807) is 0 Å². The van der Waals surface area contributed by atoms with Gasteiger partial charge in [-0.1, -0.05) is 23.7 Å². The molecule has 0 saturated heterocycles. The number of nitrogens with zero attached hydrogens (tertiary/aromatic N) is 1. The third-order valence-electron chi connectivity index (χ3n) is 4.05. The minimum atomic E-state index is 0.686. The standard InChI is InChI=1S/C17H18ClN/c18-16-6-1-3-13(11-16)7-8-14-4-2-5-15-12-19-10-9-17(14)15/h1,3,6,9-12,14H,2,4-5,7-8H2. The molecule has 0 radical (unpaired) electrons. The van der Waals surface area contributed by atoms with Gasteiger partial charge in [0.25, 0.3) is 0 Å². The Kier molecular flexibility index (Phi) is 3.84. The van der Waals surface area contributed by atoms with Gasteiger partial charge in [-0.3, -0.25) is 4.98 Å². The lowest BCUT2D eigenvalue weighted by molar-refractivity contribution is 0.519. The van der Waals surface area contributed by atoms with Crippen LogP contribution < -0.4 is 0 Å². The fourth-order valence-corrected chi connectivity index (χ4v) is 3.29. The summed E-state index contributed by atoms with van der Waals surface area (Å²) in [6, 6.07) is 10.4. The van der Waals surface area contributed by atoms with Crippen molar-refractivity contribution in [1.82, 2.24) is 4.98 Å². The van der Waals surface area contributed by atoms with Gasteiger partial charge in [0.05, 0.1) is 0 Å². The summed E-state index contributed by atoms with van der Waals surface area (Å²) in [4.78, 5) is 4.24. The number of aromatic nitrogens is 1. The Balaban J connectivity index is 1.71. The number of rotatable bonds is 3. The molecule has 1 aliphatic rings. The van der Waals surface area contributed by atoms with Gasteiger partial charge >= 0.3 is 0 Å². The van der Waals surface area contributed by atoms with Crippen LogP contribution in [0.3, 0.4) is 0 Å². The second-order valence-electron chi connectivity index (χ2n) is 5.33. The zero-order chi connectivity index (χ0) is 13.1. The van der Waals surface area contributed by atoms with Crippen LogP contribution >= 0.6 is 11.6 Å². The SMILES string of the molecule is Clc1cccc(CCC2CCCc3cnccc32)c1. The molecule has 0 aliphatic heterocycles. The average molecular weight is 272 g/mol. The summed E-state index contributed by atoms with van der Waals surface area (Å²) in [6.07, 6.45) is 10.1. The van der Waals surface area contributed by atoms with Gasteiger partial charge in [0.2, 0.25) is 0 Å². The van der Waals surface area contributed by atoms with Gasteiger partial charge in [0.1, 0.15) is 0 Å². The Hall–Kier alpha value is -1.34. The number of benzene rings is 1. The van der Waals surface area contributed by atoms with Crippen molar-refractivity contribution in [3.63, 3.8) is 0 Å². The van der Waals surface area contributed by atoms with Gasteiger partial charge in [-0.25, -0.2) is 0 Å². The molecular formula is C17H18ClN. The Morgan fingerprint density at radius 3 is 3.11 bits per heavy atom. The summed E-state index contributed by atoms with van der Waals surface area (Å²) in [5.74, 6) is 0.686. The van der Waals surface area contributed by atoms with E-state index in [2.05, 4.69) is 23.2 Å². The molecule has 1 aliphatic carbocycles. The van der Waals surface area contributed by atoms with Crippen LogP contribution in [0.15, 0.2) is 42.7 Å². The van der Waals surface area contributed by atoms with Gasteiger partial charge < -0.3 is 0 Å². The normalized spacial score (nSPS) is 18.1. The van der Waals surface area contributed by atoms with Gasteiger partial charge in [-0.15, -0.1) is 0 Å². The average Bonchev–Trinajstić information content (AvgIpc) is 2.45. The van der Waals surface area contributed by atoms with E-state index in [0.29, 0.717) is 5.92 Å². The summed E-state index contributed by atoms with van der Waals surface area (Å²) in [5.41, 5.74) is 4.31. The summed E-state index contributed by atoms with van der Waals surface area (Å²) in [5, 5.41) is 0.839. The van der Waals surface area contributed by atoms with Crippen LogP contribution in [-0.2, 0) is 12.8 Å². The molecule has 0 N–H and O–H groups in total. The van der Waals surface area contributed by atoms with Crippen LogP contribution in [0.25, 0.3) is 0 Å². The third-order valence-corrected chi connectivity index (χ3v) is 4.29. The number of hydrogen-bond donors (Lipinski definition) is 0. The lowest BCUT2D eigenvalue weighted by Crippen LogP contribution is -2.11. The fourth-order valence-electron chi connectivity index (χ4n) is 3.07. The van der Waals surface area contributed by atoms with Crippen molar-refractivity contribution in [3.05, 3.63) is 64.4 Å². The molecule has 1 nitrogen and oxygen atoms in total. The molecule has 0 saturated carbocycles. The topological polar surface area (TPSA) is 12.9 Å². The Morgan fingerprint density at radius 2 is 2.21 bits per heavy atom. The van der Waals surface area contributed by atoms with E-state index >= 15 is 0 Å². The summed E-state index contributed by atoms with van der Waals surface area (Å²) in [6.45, 7) is 0. The van der Waals surface area contributed by atoms with E-state index in [0.717, 1.165) is 11.4 Å². The maximum Gasteiger partial charge on any atom is 0.0408 e. The van der Waals surface area contributed by atoms with Gasteiger partial charge in [0, 0.05) is 17.4 Å². The highest BCUT2D eigenvalue weighted by Crippen LogP contribution is 2.34. The lowest BCUT2D eigenvalue weighted by atomic mass is 9.81. The monoisotopic (exact) mass is 271 g/mol. The van der Waals surface area contributed by atoms with Gasteiger partial charge in [-0.2, -0.15) is 0 Å². The van der Waals surface area contributed by atoms with Crippen LogP contribution in [0.2, 0.25) is 5.02 Å². The van der Waals surface area contributed by atoms with Crippen LogP contribution in [0.4, 0.5) is 0 Å². The van der Waals surface area contributed by atoms with Crippen LogP contribution in [0, 0.1) is 0 Å². The Bertz CT molecular complexity index is 565. The minimum absolute atomic E-state index is 0.686. The zero-order valence-electron chi connectivity index (χ0n) is 11.0. The predicted molar refractivity (Wildman–Crippen MR) is 79.7 cm³/mol. The van der Waals surface area contributed by atoms with E-state index in [1.807, 2.05) is 24.5 Å². The van der Waals surface area contributed by atoms with Crippen molar-refractivity contribution in [2.45, 2.75) is 38.0 Å². The first-order chi connectivity index (χ1) is 9.33. The first-order valence-electron chi connectivity index (χ1n) is 7.00. The molecule has 0 spiro atoms. The second kappa shape index (κ2) is 5.75. The molecule has 2 aromatic rings. The number of pyridine rings is 1. The van der Waals surface area contributed by atoms with Crippen LogP contribution in [0.5, 0.6) is 0 Å². The number of fused-ring (bicyclic) bond motifs is 1. The van der Waals surface area contributed by atoms with E-state index in [9.17, 15) is 0 Å². The first kappa shape index (κ1) is 12.7. The molecule has 0 amide bonds.